The molecule has 0 aliphatic heterocycles. The molecule has 0 aliphatic carbocycles. The molecule has 1 unspecified atom stereocenters. The molecular formula is C15H29NO6. The van der Waals surface area contributed by atoms with Crippen LogP contribution in [0, 0.1) is 0 Å². The summed E-state index contributed by atoms with van der Waals surface area (Å²) < 4.78 is 15.4. The molecule has 0 saturated heterocycles. The number of carbonyl (C=O) groups excluding carboxylic acids is 2. The van der Waals surface area contributed by atoms with Gasteiger partial charge >= 0.3 is 12.1 Å². The molecule has 2 N–H and O–H groups in total. The number of nitrogens with one attached hydrogen (secondary N) is 1. The minimum absolute atomic E-state index is 0.0536. The largest absolute Gasteiger partial charge is 0.458 e. The maximum absolute atomic E-state index is 11.7. The molecule has 22 heavy (non-hydrogen) atoms. The first-order chi connectivity index (χ1) is 9.76. The Morgan fingerprint density at radius 3 is 1.86 bits per heavy atom. The molecule has 0 spiro atoms. The third kappa shape index (κ3) is 10.4. The highest BCUT2D eigenvalue weighted by atomic mass is 16.6. The molecule has 0 aromatic carbocycles. The lowest BCUT2D eigenvalue weighted by Crippen LogP contribution is -2.53. The molecule has 0 saturated carbocycles. The Morgan fingerprint density at radius 2 is 1.45 bits per heavy atom. The minimum Gasteiger partial charge on any atom is -0.458 e. The van der Waals surface area contributed by atoms with Crippen molar-refractivity contribution in [1.82, 2.24) is 5.32 Å². The summed E-state index contributed by atoms with van der Waals surface area (Å²) in [5.41, 5.74) is -2.28. The number of aliphatic hydroxyl groups is 1. The molecule has 0 aromatic rings. The average molecular weight is 319 g/mol. The molecule has 0 rings (SSSR count). The molecule has 1 atom stereocenters. The van der Waals surface area contributed by atoms with Crippen molar-refractivity contribution in [2.45, 2.75) is 65.2 Å². The highest BCUT2D eigenvalue weighted by molar-refractivity contribution is 5.71. The van der Waals surface area contributed by atoms with Gasteiger partial charge in [0.05, 0.1) is 18.8 Å². The minimum atomic E-state index is -1.05. The fourth-order valence-corrected chi connectivity index (χ4v) is 1.40. The van der Waals surface area contributed by atoms with Crippen LogP contribution in [0.1, 0.15) is 48.5 Å². The fourth-order valence-electron chi connectivity index (χ4n) is 1.40. The van der Waals surface area contributed by atoms with E-state index in [0.29, 0.717) is 0 Å². The molecule has 7 heteroatoms. The van der Waals surface area contributed by atoms with E-state index >= 15 is 0 Å². The van der Waals surface area contributed by atoms with E-state index in [1.54, 1.807) is 48.5 Å². The van der Waals surface area contributed by atoms with Gasteiger partial charge in [-0.25, -0.2) is 9.59 Å². The van der Waals surface area contributed by atoms with Gasteiger partial charge in [-0.2, -0.15) is 0 Å². The van der Waals surface area contributed by atoms with Crippen molar-refractivity contribution in [1.29, 1.82) is 0 Å². The first-order valence-corrected chi connectivity index (χ1v) is 7.18. The van der Waals surface area contributed by atoms with E-state index in [9.17, 15) is 14.7 Å². The van der Waals surface area contributed by atoms with Gasteiger partial charge in [-0.15, -0.1) is 0 Å². The molecule has 7 nitrogen and oxygen atoms in total. The third-order valence-electron chi connectivity index (χ3n) is 2.21. The fraction of sp³-hybridized carbons (Fsp3) is 0.867. The lowest BCUT2D eigenvalue weighted by Gasteiger charge is -2.30. The van der Waals surface area contributed by atoms with E-state index in [1.807, 2.05) is 0 Å². The van der Waals surface area contributed by atoms with Gasteiger partial charge in [0.2, 0.25) is 0 Å². The summed E-state index contributed by atoms with van der Waals surface area (Å²) in [4.78, 5) is 23.2. The van der Waals surface area contributed by atoms with Crippen LogP contribution < -0.4 is 5.32 Å². The molecule has 130 valence electrons. The number of ether oxygens (including phenoxy) is 3. The molecule has 0 radical (unpaired) electrons. The Kier molecular flexibility index (Phi) is 7.31. The van der Waals surface area contributed by atoms with E-state index in [4.69, 9.17) is 14.2 Å². The highest BCUT2D eigenvalue weighted by Crippen LogP contribution is 2.11. The van der Waals surface area contributed by atoms with Gasteiger partial charge in [0.1, 0.15) is 17.8 Å². The Morgan fingerprint density at radius 1 is 0.955 bits per heavy atom. The van der Waals surface area contributed by atoms with Crippen LogP contribution in [-0.2, 0) is 19.0 Å². The summed E-state index contributed by atoms with van der Waals surface area (Å²) in [5, 5.41) is 12.0. The molecule has 0 bridgehead atoms. The van der Waals surface area contributed by atoms with Crippen molar-refractivity contribution in [2.24, 2.45) is 0 Å². The normalized spacial score (nSPS) is 14.9. The number of aliphatic hydroxyl groups excluding tert-OH is 1. The molecule has 0 aliphatic rings. The van der Waals surface area contributed by atoms with Crippen molar-refractivity contribution in [3.8, 4) is 0 Å². The van der Waals surface area contributed by atoms with Gasteiger partial charge in [-0.1, -0.05) is 0 Å². The van der Waals surface area contributed by atoms with Gasteiger partial charge in [-0.05, 0) is 48.5 Å². The first-order valence-electron chi connectivity index (χ1n) is 7.18. The number of esters is 1. The Labute approximate surface area is 132 Å². The number of carbonyl (C=O) groups is 2. The first kappa shape index (κ1) is 20.7. The zero-order valence-corrected chi connectivity index (χ0v) is 14.6. The van der Waals surface area contributed by atoms with Crippen LogP contribution in [0.25, 0.3) is 0 Å². The van der Waals surface area contributed by atoms with E-state index in [1.165, 1.54) is 0 Å². The molecule has 0 fully saturated rings. The van der Waals surface area contributed by atoms with Gasteiger partial charge < -0.3 is 24.6 Å². The summed E-state index contributed by atoms with van der Waals surface area (Å²) in [6, 6.07) is 0. The van der Waals surface area contributed by atoms with E-state index in [0.717, 1.165) is 0 Å². The van der Waals surface area contributed by atoms with Crippen LogP contribution in [0.5, 0.6) is 0 Å². The topological polar surface area (TPSA) is 94.1 Å². The van der Waals surface area contributed by atoms with Crippen LogP contribution >= 0.6 is 0 Å². The molecule has 0 aromatic heterocycles. The second kappa shape index (κ2) is 7.78. The monoisotopic (exact) mass is 319 g/mol. The van der Waals surface area contributed by atoms with Crippen molar-refractivity contribution < 1.29 is 28.9 Å². The van der Waals surface area contributed by atoms with E-state index in [-0.39, 0.29) is 19.8 Å². The zero-order chi connectivity index (χ0) is 17.6. The summed E-state index contributed by atoms with van der Waals surface area (Å²) in [6.45, 7) is 11.4. The van der Waals surface area contributed by atoms with Crippen LogP contribution in [-0.4, -0.2) is 53.7 Å². The van der Waals surface area contributed by atoms with Gasteiger partial charge in [0.25, 0.3) is 0 Å². The standard InChI is InChI=1S/C15H29NO6/c1-13(2,3)21-11(18)8-20-10-15(7,9-17)16-12(19)22-14(4,5)6/h17H,8-10H2,1-7H3,(H,16,19). The third-order valence-corrected chi connectivity index (χ3v) is 2.21. The molecule has 0 heterocycles. The number of amides is 1. The zero-order valence-electron chi connectivity index (χ0n) is 14.6. The summed E-state index contributed by atoms with van der Waals surface area (Å²) in [7, 11) is 0. The Hall–Kier alpha value is -1.34. The van der Waals surface area contributed by atoms with Crippen molar-refractivity contribution in [3.05, 3.63) is 0 Å². The van der Waals surface area contributed by atoms with Gasteiger partial charge in [0.15, 0.2) is 0 Å². The Balaban J connectivity index is 4.34. The number of hydrogen-bond donors (Lipinski definition) is 2. The quantitative estimate of drug-likeness (QED) is 0.723. The van der Waals surface area contributed by atoms with E-state index in [2.05, 4.69) is 5.32 Å². The van der Waals surface area contributed by atoms with Crippen LogP contribution in [0.15, 0.2) is 0 Å². The SMILES string of the molecule is CC(CO)(COCC(=O)OC(C)(C)C)NC(=O)OC(C)(C)C. The summed E-state index contributed by atoms with van der Waals surface area (Å²) in [5.74, 6) is -0.509. The lowest BCUT2D eigenvalue weighted by atomic mass is 10.1. The molecule has 1 amide bonds. The average Bonchev–Trinajstić information content (AvgIpc) is 2.23. The predicted molar refractivity (Wildman–Crippen MR) is 81.5 cm³/mol. The maximum Gasteiger partial charge on any atom is 0.408 e. The van der Waals surface area contributed by atoms with Crippen LogP contribution in [0.3, 0.4) is 0 Å². The second-order valence-electron chi connectivity index (χ2n) is 7.42. The van der Waals surface area contributed by atoms with Gasteiger partial charge in [0, 0.05) is 0 Å². The van der Waals surface area contributed by atoms with Crippen LogP contribution in [0.4, 0.5) is 4.79 Å². The maximum atomic E-state index is 11.7. The van der Waals surface area contributed by atoms with Crippen LogP contribution in [0.2, 0.25) is 0 Å². The van der Waals surface area contributed by atoms with Crippen molar-refractivity contribution >= 4 is 12.1 Å². The number of hydrogen-bond acceptors (Lipinski definition) is 6. The van der Waals surface area contributed by atoms with E-state index < -0.39 is 28.8 Å². The van der Waals surface area contributed by atoms with Gasteiger partial charge in [-0.3, -0.25) is 0 Å². The number of alkyl carbamates (subject to hydrolysis) is 1. The second-order valence-corrected chi connectivity index (χ2v) is 7.42. The summed E-state index contributed by atoms with van der Waals surface area (Å²) >= 11 is 0. The summed E-state index contributed by atoms with van der Waals surface area (Å²) in [6.07, 6.45) is -0.662. The highest BCUT2D eigenvalue weighted by Gasteiger charge is 2.29. The predicted octanol–water partition coefficient (Wildman–Crippen LogP) is 1.62. The smallest absolute Gasteiger partial charge is 0.408 e. The van der Waals surface area contributed by atoms with Crippen molar-refractivity contribution in [2.75, 3.05) is 19.8 Å². The van der Waals surface area contributed by atoms with Crippen molar-refractivity contribution in [3.63, 3.8) is 0 Å². The Bertz CT molecular complexity index is 382. The molecular weight excluding hydrogens is 290 g/mol. The lowest BCUT2D eigenvalue weighted by molar-refractivity contribution is -0.161. The number of rotatable bonds is 6.